The second-order valence-corrected chi connectivity index (χ2v) is 4.55. The molecule has 0 saturated carbocycles. The lowest BCUT2D eigenvalue weighted by Gasteiger charge is -2.26. The van der Waals surface area contributed by atoms with Crippen LogP contribution in [-0.2, 0) is 4.79 Å². The lowest BCUT2D eigenvalue weighted by atomic mass is 10.1. The van der Waals surface area contributed by atoms with Gasteiger partial charge in [0.2, 0.25) is 5.91 Å². The second kappa shape index (κ2) is 2.27. The first kappa shape index (κ1) is 7.60. The van der Waals surface area contributed by atoms with Crippen molar-refractivity contribution in [2.45, 2.75) is 25.0 Å². The number of carbonyl (C=O) groups is 2. The van der Waals surface area contributed by atoms with Crippen molar-refractivity contribution in [3.05, 3.63) is 0 Å². The largest absolute Gasteiger partial charge is 0.287 e. The topological polar surface area (TPSA) is 46.2 Å². The number of rotatable bonds is 0. The fraction of sp³-hybridized carbons (Fsp3) is 0.667. The molecule has 0 atom stereocenters. The van der Waals surface area contributed by atoms with Gasteiger partial charge in [0.1, 0.15) is 0 Å². The standard InChI is InChI=1S/C6H9NO2S/c1-6(2)3-4(8)7-5(9)10-6/h3H2,1-2H3,(H,7,8,9). The van der Waals surface area contributed by atoms with Gasteiger partial charge in [0.25, 0.3) is 5.24 Å². The number of hydrogen-bond donors (Lipinski definition) is 1. The van der Waals surface area contributed by atoms with Crippen molar-refractivity contribution >= 4 is 22.9 Å². The van der Waals surface area contributed by atoms with Gasteiger partial charge in [-0.1, -0.05) is 11.8 Å². The van der Waals surface area contributed by atoms with Crippen LogP contribution in [0.3, 0.4) is 0 Å². The molecule has 0 spiro atoms. The van der Waals surface area contributed by atoms with Gasteiger partial charge in [0.15, 0.2) is 0 Å². The van der Waals surface area contributed by atoms with Crippen LogP contribution in [0.2, 0.25) is 0 Å². The molecule has 1 rings (SSSR count). The molecule has 4 heteroatoms. The van der Waals surface area contributed by atoms with Gasteiger partial charge in [-0.25, -0.2) is 0 Å². The van der Waals surface area contributed by atoms with Crippen molar-refractivity contribution in [1.29, 1.82) is 0 Å². The Morgan fingerprint density at radius 3 is 2.50 bits per heavy atom. The Labute approximate surface area is 63.6 Å². The second-order valence-electron chi connectivity index (χ2n) is 2.87. The molecule has 0 aromatic carbocycles. The highest BCUT2D eigenvalue weighted by Crippen LogP contribution is 2.31. The molecule has 0 unspecified atom stereocenters. The maximum absolute atomic E-state index is 10.7. The van der Waals surface area contributed by atoms with E-state index in [2.05, 4.69) is 5.32 Å². The molecule has 0 bridgehead atoms. The summed E-state index contributed by atoms with van der Waals surface area (Å²) >= 11 is 1.18. The quantitative estimate of drug-likeness (QED) is 0.576. The molecular formula is C6H9NO2S. The third-order valence-corrected chi connectivity index (χ3v) is 2.18. The zero-order valence-corrected chi connectivity index (χ0v) is 6.75. The fourth-order valence-corrected chi connectivity index (χ4v) is 1.73. The summed E-state index contributed by atoms with van der Waals surface area (Å²) in [6.45, 7) is 3.77. The summed E-state index contributed by atoms with van der Waals surface area (Å²) in [5, 5.41) is 1.99. The molecular weight excluding hydrogens is 150 g/mol. The zero-order valence-electron chi connectivity index (χ0n) is 5.93. The van der Waals surface area contributed by atoms with E-state index in [4.69, 9.17) is 0 Å². The van der Waals surface area contributed by atoms with Crippen molar-refractivity contribution in [3.63, 3.8) is 0 Å². The predicted octanol–water partition coefficient (Wildman–Crippen LogP) is 1.14. The Kier molecular flexibility index (Phi) is 1.72. The molecule has 10 heavy (non-hydrogen) atoms. The van der Waals surface area contributed by atoms with Crippen molar-refractivity contribution < 1.29 is 9.59 Å². The van der Waals surface area contributed by atoms with Crippen LogP contribution in [0.25, 0.3) is 0 Å². The van der Waals surface area contributed by atoms with Crippen LogP contribution in [0.4, 0.5) is 4.79 Å². The molecule has 56 valence electrons. The van der Waals surface area contributed by atoms with Crippen LogP contribution < -0.4 is 5.32 Å². The highest BCUT2D eigenvalue weighted by molar-refractivity contribution is 8.14. The monoisotopic (exact) mass is 159 g/mol. The summed E-state index contributed by atoms with van der Waals surface area (Å²) in [6.07, 6.45) is 0.420. The minimum atomic E-state index is -0.235. The molecule has 2 amide bonds. The first-order chi connectivity index (χ1) is 4.49. The lowest BCUT2D eigenvalue weighted by molar-refractivity contribution is -0.120. The maximum atomic E-state index is 10.7. The first-order valence-corrected chi connectivity index (χ1v) is 3.84. The number of hydrogen-bond acceptors (Lipinski definition) is 3. The van der Waals surface area contributed by atoms with Crippen LogP contribution >= 0.6 is 11.8 Å². The Bertz CT molecular complexity index is 170. The van der Waals surface area contributed by atoms with E-state index in [0.29, 0.717) is 6.42 Å². The molecule has 1 aliphatic rings. The third-order valence-electron chi connectivity index (χ3n) is 1.20. The van der Waals surface area contributed by atoms with Gasteiger partial charge in [-0.2, -0.15) is 0 Å². The van der Waals surface area contributed by atoms with Crippen molar-refractivity contribution in [2.24, 2.45) is 0 Å². The van der Waals surface area contributed by atoms with Crippen LogP contribution in [0.1, 0.15) is 20.3 Å². The molecule has 0 aromatic heterocycles. The molecule has 3 nitrogen and oxygen atoms in total. The van der Waals surface area contributed by atoms with Crippen LogP contribution in [0.5, 0.6) is 0 Å². The zero-order chi connectivity index (χ0) is 7.78. The Hall–Kier alpha value is -0.510. The van der Waals surface area contributed by atoms with E-state index in [1.807, 2.05) is 13.8 Å². The van der Waals surface area contributed by atoms with Crippen molar-refractivity contribution in [3.8, 4) is 0 Å². The average molecular weight is 159 g/mol. The number of amides is 2. The SMILES string of the molecule is CC1(C)CC(=O)NC(=O)S1. The van der Waals surface area contributed by atoms with Gasteiger partial charge in [0, 0.05) is 11.2 Å². The molecule has 1 heterocycles. The molecule has 0 radical (unpaired) electrons. The molecule has 0 aromatic rings. The van der Waals surface area contributed by atoms with Crippen molar-refractivity contribution in [2.75, 3.05) is 0 Å². The van der Waals surface area contributed by atoms with E-state index in [0.717, 1.165) is 0 Å². The van der Waals surface area contributed by atoms with E-state index in [9.17, 15) is 9.59 Å². The van der Waals surface area contributed by atoms with Gasteiger partial charge in [0.05, 0.1) is 0 Å². The van der Waals surface area contributed by atoms with E-state index in [1.165, 1.54) is 11.8 Å². The lowest BCUT2D eigenvalue weighted by Crippen LogP contribution is -2.40. The highest BCUT2D eigenvalue weighted by atomic mass is 32.2. The van der Waals surface area contributed by atoms with E-state index in [1.54, 1.807) is 0 Å². The van der Waals surface area contributed by atoms with Gasteiger partial charge in [-0.3, -0.25) is 14.9 Å². The summed E-state index contributed by atoms with van der Waals surface area (Å²) in [5.74, 6) is -0.172. The van der Waals surface area contributed by atoms with Crippen molar-refractivity contribution in [1.82, 2.24) is 5.32 Å². The number of thioether (sulfide) groups is 1. The van der Waals surface area contributed by atoms with Gasteiger partial charge >= 0.3 is 0 Å². The molecule has 0 aliphatic carbocycles. The maximum Gasteiger partial charge on any atom is 0.286 e. The molecule has 1 fully saturated rings. The van der Waals surface area contributed by atoms with E-state index in [-0.39, 0.29) is 15.9 Å². The number of nitrogens with one attached hydrogen (secondary N) is 1. The summed E-state index contributed by atoms with van der Waals surface area (Å²) in [7, 11) is 0. The molecule has 1 aliphatic heterocycles. The Morgan fingerprint density at radius 1 is 1.50 bits per heavy atom. The van der Waals surface area contributed by atoms with E-state index >= 15 is 0 Å². The molecule has 1 N–H and O–H groups in total. The predicted molar refractivity (Wildman–Crippen MR) is 39.8 cm³/mol. The summed E-state index contributed by atoms with van der Waals surface area (Å²) < 4.78 is -0.223. The average Bonchev–Trinajstić information content (AvgIpc) is 1.54. The van der Waals surface area contributed by atoms with Crippen LogP contribution in [0.15, 0.2) is 0 Å². The minimum absolute atomic E-state index is 0.172. The van der Waals surface area contributed by atoms with Gasteiger partial charge in [-0.15, -0.1) is 0 Å². The highest BCUT2D eigenvalue weighted by Gasteiger charge is 2.31. The Morgan fingerprint density at radius 2 is 2.10 bits per heavy atom. The number of imide groups is 1. The normalized spacial score (nSPS) is 24.2. The summed E-state index contributed by atoms with van der Waals surface area (Å²) in [5.41, 5.74) is 0. The fourth-order valence-electron chi connectivity index (χ4n) is 0.857. The van der Waals surface area contributed by atoms with Crippen LogP contribution in [-0.4, -0.2) is 15.9 Å². The summed E-state index contributed by atoms with van der Waals surface area (Å²) in [6, 6.07) is 0. The van der Waals surface area contributed by atoms with E-state index < -0.39 is 0 Å². The van der Waals surface area contributed by atoms with Crippen LogP contribution in [0, 0.1) is 0 Å². The van der Waals surface area contributed by atoms with Gasteiger partial charge < -0.3 is 0 Å². The first-order valence-electron chi connectivity index (χ1n) is 3.02. The third kappa shape index (κ3) is 1.73. The summed E-state index contributed by atoms with van der Waals surface area (Å²) in [4.78, 5) is 21.5. The Balaban J connectivity index is 2.68. The molecule has 1 saturated heterocycles. The smallest absolute Gasteiger partial charge is 0.286 e. The number of carbonyl (C=O) groups excluding carboxylic acids is 2. The minimum Gasteiger partial charge on any atom is -0.287 e. The van der Waals surface area contributed by atoms with Gasteiger partial charge in [-0.05, 0) is 13.8 Å².